The fourth-order valence-corrected chi connectivity index (χ4v) is 2.91. The molecule has 0 bridgehead atoms. The molecule has 110 valence electrons. The van der Waals surface area contributed by atoms with E-state index in [2.05, 4.69) is 15.3 Å². The van der Waals surface area contributed by atoms with Crippen LogP contribution in [0.4, 0.5) is 0 Å². The molecule has 2 aliphatic rings. The number of hydrogen-bond acceptors (Lipinski definition) is 4. The van der Waals surface area contributed by atoms with Crippen molar-refractivity contribution in [3.63, 3.8) is 0 Å². The van der Waals surface area contributed by atoms with Crippen LogP contribution in [-0.4, -0.2) is 46.3 Å². The summed E-state index contributed by atoms with van der Waals surface area (Å²) in [6.45, 7) is 3.03. The quantitative estimate of drug-likeness (QED) is 0.795. The lowest BCUT2D eigenvalue weighted by molar-refractivity contribution is -0.122. The number of aryl methyl sites for hydroxylation is 1. The van der Waals surface area contributed by atoms with Gasteiger partial charge in [-0.3, -0.25) is 9.48 Å². The van der Waals surface area contributed by atoms with Crippen molar-refractivity contribution in [2.24, 2.45) is 18.7 Å². The van der Waals surface area contributed by atoms with Crippen LogP contribution in [0.25, 0.3) is 0 Å². The number of aromatic nitrogens is 2. The highest BCUT2D eigenvalue weighted by atomic mass is 16.2. The molecule has 20 heavy (non-hydrogen) atoms. The largest absolute Gasteiger partial charge is 0.354 e. The molecule has 6 nitrogen and oxygen atoms in total. The summed E-state index contributed by atoms with van der Waals surface area (Å²) < 4.78 is 1.66. The van der Waals surface area contributed by atoms with Gasteiger partial charge < -0.3 is 16.0 Å². The van der Waals surface area contributed by atoms with Crippen LogP contribution in [0.1, 0.15) is 30.9 Å². The van der Waals surface area contributed by atoms with Crippen molar-refractivity contribution in [2.45, 2.75) is 31.3 Å². The lowest BCUT2D eigenvalue weighted by atomic mass is 10.1. The molecule has 6 heteroatoms. The molecule has 1 saturated carbocycles. The van der Waals surface area contributed by atoms with Crippen molar-refractivity contribution in [2.75, 3.05) is 19.6 Å². The van der Waals surface area contributed by atoms with E-state index in [0.29, 0.717) is 5.92 Å². The fraction of sp³-hybridized carbons (Fsp3) is 0.714. The van der Waals surface area contributed by atoms with Gasteiger partial charge in [-0.15, -0.1) is 0 Å². The molecule has 2 heterocycles. The van der Waals surface area contributed by atoms with Crippen LogP contribution in [0, 0.1) is 5.92 Å². The van der Waals surface area contributed by atoms with Crippen molar-refractivity contribution in [3.8, 4) is 0 Å². The molecule has 3 rings (SSSR count). The van der Waals surface area contributed by atoms with E-state index in [1.807, 2.05) is 7.05 Å². The summed E-state index contributed by atoms with van der Waals surface area (Å²) in [6.07, 6.45) is 7.32. The van der Waals surface area contributed by atoms with Crippen molar-refractivity contribution < 1.29 is 4.79 Å². The molecule has 0 spiro atoms. The zero-order valence-electron chi connectivity index (χ0n) is 12.0. The van der Waals surface area contributed by atoms with Gasteiger partial charge in [0.1, 0.15) is 6.04 Å². The van der Waals surface area contributed by atoms with Crippen LogP contribution in [0.2, 0.25) is 0 Å². The Kier molecular flexibility index (Phi) is 3.76. The standard InChI is InChI=1S/C14H23N5O/c1-18-9-11(7-17-18)13(15)14(20)16-6-10-4-5-19(8-10)12-2-3-12/h7,9-10,12-13H,2-6,8,15H2,1H3,(H,16,20). The van der Waals surface area contributed by atoms with E-state index in [9.17, 15) is 4.79 Å². The van der Waals surface area contributed by atoms with Gasteiger partial charge in [-0.05, 0) is 31.7 Å². The molecule has 3 N–H and O–H groups in total. The third kappa shape index (κ3) is 3.02. The molecule has 1 aliphatic carbocycles. The van der Waals surface area contributed by atoms with Gasteiger partial charge in [0.25, 0.3) is 0 Å². The Morgan fingerprint density at radius 1 is 1.55 bits per heavy atom. The van der Waals surface area contributed by atoms with Gasteiger partial charge in [-0.2, -0.15) is 5.10 Å². The predicted molar refractivity (Wildman–Crippen MR) is 75.8 cm³/mol. The zero-order chi connectivity index (χ0) is 14.1. The summed E-state index contributed by atoms with van der Waals surface area (Å²) in [4.78, 5) is 14.6. The normalized spacial score (nSPS) is 24.8. The summed E-state index contributed by atoms with van der Waals surface area (Å²) in [7, 11) is 1.82. The number of nitrogens with one attached hydrogen (secondary N) is 1. The second-order valence-electron chi connectivity index (χ2n) is 6.05. The molecule has 2 fully saturated rings. The van der Waals surface area contributed by atoms with Crippen molar-refractivity contribution in [1.29, 1.82) is 0 Å². The molecular formula is C14H23N5O. The number of carbonyl (C=O) groups is 1. The van der Waals surface area contributed by atoms with Crippen LogP contribution < -0.4 is 11.1 Å². The van der Waals surface area contributed by atoms with E-state index in [1.54, 1.807) is 17.1 Å². The van der Waals surface area contributed by atoms with Gasteiger partial charge in [0.05, 0.1) is 6.20 Å². The maximum absolute atomic E-state index is 12.1. The van der Waals surface area contributed by atoms with E-state index in [4.69, 9.17) is 5.73 Å². The Bertz CT molecular complexity index is 482. The van der Waals surface area contributed by atoms with E-state index in [-0.39, 0.29) is 5.91 Å². The van der Waals surface area contributed by atoms with Crippen molar-refractivity contribution in [1.82, 2.24) is 20.0 Å². The van der Waals surface area contributed by atoms with Crippen molar-refractivity contribution >= 4 is 5.91 Å². The number of nitrogens with two attached hydrogens (primary N) is 1. The Morgan fingerprint density at radius 3 is 3.00 bits per heavy atom. The Labute approximate surface area is 119 Å². The topological polar surface area (TPSA) is 76.2 Å². The van der Waals surface area contributed by atoms with Gasteiger partial charge in [0, 0.05) is 37.9 Å². The summed E-state index contributed by atoms with van der Waals surface area (Å²) in [6, 6.07) is 0.206. The average Bonchev–Trinajstić information content (AvgIpc) is 3.03. The van der Waals surface area contributed by atoms with E-state index >= 15 is 0 Å². The number of nitrogens with zero attached hydrogens (tertiary/aromatic N) is 3. The lowest BCUT2D eigenvalue weighted by Crippen LogP contribution is -2.37. The Hall–Kier alpha value is -1.40. The minimum Gasteiger partial charge on any atom is -0.354 e. The third-order valence-corrected chi connectivity index (χ3v) is 4.31. The summed E-state index contributed by atoms with van der Waals surface area (Å²) >= 11 is 0. The van der Waals surface area contributed by atoms with Gasteiger partial charge in [0.15, 0.2) is 0 Å². The molecule has 1 amide bonds. The smallest absolute Gasteiger partial charge is 0.241 e. The van der Waals surface area contributed by atoms with Crippen LogP contribution in [0.3, 0.4) is 0 Å². The third-order valence-electron chi connectivity index (χ3n) is 4.31. The van der Waals surface area contributed by atoms with Crippen LogP contribution in [0.5, 0.6) is 0 Å². The second-order valence-corrected chi connectivity index (χ2v) is 6.05. The van der Waals surface area contributed by atoms with Gasteiger partial charge in [-0.25, -0.2) is 0 Å². The molecule has 0 radical (unpaired) electrons. The molecule has 2 unspecified atom stereocenters. The molecule has 1 saturated heterocycles. The molecule has 1 aliphatic heterocycles. The van der Waals surface area contributed by atoms with Crippen molar-refractivity contribution in [3.05, 3.63) is 18.0 Å². The van der Waals surface area contributed by atoms with E-state index in [0.717, 1.165) is 24.7 Å². The summed E-state index contributed by atoms with van der Waals surface area (Å²) in [5.74, 6) is 0.462. The Morgan fingerprint density at radius 2 is 2.35 bits per heavy atom. The number of carbonyl (C=O) groups excluding carboxylic acids is 1. The highest BCUT2D eigenvalue weighted by Gasteiger charge is 2.34. The number of likely N-dealkylation sites (tertiary alicyclic amines) is 1. The minimum absolute atomic E-state index is 0.108. The average molecular weight is 277 g/mol. The second kappa shape index (κ2) is 5.54. The van der Waals surface area contributed by atoms with Crippen LogP contribution in [-0.2, 0) is 11.8 Å². The highest BCUT2D eigenvalue weighted by Crippen LogP contribution is 2.31. The van der Waals surface area contributed by atoms with Crippen LogP contribution in [0.15, 0.2) is 12.4 Å². The highest BCUT2D eigenvalue weighted by molar-refractivity contribution is 5.82. The number of hydrogen-bond donors (Lipinski definition) is 2. The SMILES string of the molecule is Cn1cc(C(N)C(=O)NCC2CCN(C3CC3)C2)cn1. The lowest BCUT2D eigenvalue weighted by Gasteiger charge is -2.16. The molecule has 2 atom stereocenters. The van der Waals surface area contributed by atoms with Crippen LogP contribution >= 0.6 is 0 Å². The maximum Gasteiger partial charge on any atom is 0.241 e. The summed E-state index contributed by atoms with van der Waals surface area (Å²) in [5, 5.41) is 7.03. The first-order valence-electron chi connectivity index (χ1n) is 7.39. The van der Waals surface area contributed by atoms with Gasteiger partial charge in [0.2, 0.25) is 5.91 Å². The van der Waals surface area contributed by atoms with Gasteiger partial charge >= 0.3 is 0 Å². The minimum atomic E-state index is -0.621. The molecule has 1 aromatic rings. The Balaban J connectivity index is 1.44. The molecule has 0 aromatic carbocycles. The van der Waals surface area contributed by atoms with E-state index in [1.165, 1.54) is 25.8 Å². The fourth-order valence-electron chi connectivity index (χ4n) is 2.91. The predicted octanol–water partition coefficient (Wildman–Crippen LogP) is 0.0204. The first-order chi connectivity index (χ1) is 9.63. The summed E-state index contributed by atoms with van der Waals surface area (Å²) in [5.41, 5.74) is 6.71. The van der Waals surface area contributed by atoms with E-state index < -0.39 is 6.04 Å². The molecule has 1 aromatic heterocycles. The monoisotopic (exact) mass is 277 g/mol. The number of rotatable bonds is 5. The van der Waals surface area contributed by atoms with Gasteiger partial charge in [-0.1, -0.05) is 0 Å². The zero-order valence-corrected chi connectivity index (χ0v) is 12.0. The number of amides is 1. The molecular weight excluding hydrogens is 254 g/mol. The first-order valence-corrected chi connectivity index (χ1v) is 7.39. The maximum atomic E-state index is 12.1. The first kappa shape index (κ1) is 13.6.